The molecule has 3 aromatic carbocycles. The van der Waals surface area contributed by atoms with E-state index in [9.17, 15) is 9.90 Å². The number of hydrogen-bond donors (Lipinski definition) is 1. The molecule has 0 aliphatic heterocycles. The number of carbonyl (C=O) groups is 1. The molecule has 51 heavy (non-hydrogen) atoms. The van der Waals surface area contributed by atoms with Gasteiger partial charge in [0.2, 0.25) is 0 Å². The fourth-order valence-electron chi connectivity index (χ4n) is 6.36. The number of furan rings is 2. The molecule has 0 saturated heterocycles. The second-order valence-electron chi connectivity index (χ2n) is 15.1. The average molecular weight is 863 g/mol. The van der Waals surface area contributed by atoms with Crippen LogP contribution in [0.4, 0.5) is 0 Å². The Kier molecular flexibility index (Phi) is 12.3. The third-order valence-corrected chi connectivity index (χ3v) is 10.8. The van der Waals surface area contributed by atoms with Crippen molar-refractivity contribution >= 4 is 38.5 Å². The minimum absolute atomic E-state index is 0. The van der Waals surface area contributed by atoms with Gasteiger partial charge in [0.05, 0.1) is 5.56 Å². The van der Waals surface area contributed by atoms with Crippen LogP contribution in [0, 0.1) is 23.8 Å². The van der Waals surface area contributed by atoms with Crippen molar-refractivity contribution in [2.45, 2.75) is 100 Å². The third-order valence-electron chi connectivity index (χ3n) is 10.8. The molecule has 1 radical (unpaired) electrons. The van der Waals surface area contributed by atoms with Gasteiger partial charge < -0.3 is 13.9 Å². The van der Waals surface area contributed by atoms with Crippen molar-refractivity contribution in [3.8, 4) is 22.6 Å². The summed E-state index contributed by atoms with van der Waals surface area (Å²) in [5.41, 5.74) is 5.11. The minimum atomic E-state index is -0.337. The van der Waals surface area contributed by atoms with Crippen LogP contribution in [0.5, 0.6) is 0 Å². The van der Waals surface area contributed by atoms with E-state index in [4.69, 9.17) is 13.8 Å². The Morgan fingerprint density at radius 1 is 0.824 bits per heavy atom. The summed E-state index contributed by atoms with van der Waals surface area (Å²) in [4.78, 5) is 16.9. The molecule has 0 aliphatic rings. The Morgan fingerprint density at radius 3 is 2.14 bits per heavy atom. The predicted molar refractivity (Wildman–Crippen MR) is 208 cm³/mol. The summed E-state index contributed by atoms with van der Waals surface area (Å²) >= 11 is 0. The standard InChI is InChI=1S/C30H24NO2.C15H28O2.Ir/c1-18-14-20-9-7-11-23(29(20)32-18)27-17-24-26(33-27)12-13-31-28(24)21-15-19-8-5-6-10-22(19)25(16-21)30(2,3)4;1-7-14(5,8-2)12(16)11-13(17)15(6,9-3)10-4;/h5-14,16-17H,1-4H3;11,16H,7-10H2,1-6H3;/q-1;;/b;12-11-;. The predicted octanol–water partition coefficient (Wildman–Crippen LogP) is 13.1. The van der Waals surface area contributed by atoms with Crippen LogP contribution in [0.2, 0.25) is 0 Å². The maximum Gasteiger partial charge on any atom is 0.164 e. The number of fused-ring (bicyclic) bond motifs is 3. The second kappa shape index (κ2) is 15.7. The zero-order valence-corrected chi connectivity index (χ0v) is 34.2. The van der Waals surface area contributed by atoms with E-state index in [0.717, 1.165) is 81.3 Å². The number of nitrogens with zero attached hydrogens (tertiary/aromatic N) is 1. The number of benzene rings is 3. The van der Waals surface area contributed by atoms with Gasteiger partial charge in [0.25, 0.3) is 0 Å². The van der Waals surface area contributed by atoms with Crippen molar-refractivity contribution < 1.29 is 38.8 Å². The molecule has 6 heteroatoms. The quantitative estimate of drug-likeness (QED) is 0.0890. The summed E-state index contributed by atoms with van der Waals surface area (Å²) in [6.07, 6.45) is 6.56. The van der Waals surface area contributed by atoms with Crippen molar-refractivity contribution in [3.05, 3.63) is 102 Å². The number of allylic oxidation sites excluding steroid dienone is 2. The van der Waals surface area contributed by atoms with Gasteiger partial charge in [-0.15, -0.1) is 29.1 Å². The van der Waals surface area contributed by atoms with E-state index in [1.807, 2.05) is 78.9 Å². The maximum atomic E-state index is 12.2. The molecule has 0 atom stereocenters. The summed E-state index contributed by atoms with van der Waals surface area (Å²) in [5.74, 6) is 1.95. The molecule has 0 fully saturated rings. The molecule has 5 nitrogen and oxygen atoms in total. The molecule has 0 amide bonds. The first-order valence-corrected chi connectivity index (χ1v) is 18.0. The van der Waals surface area contributed by atoms with E-state index in [1.54, 1.807) is 0 Å². The molecular formula is C45H52IrNO4-. The Balaban J connectivity index is 0.000000279. The molecule has 6 aromatic rings. The topological polar surface area (TPSA) is 76.5 Å². The molecule has 0 saturated carbocycles. The fourth-order valence-corrected chi connectivity index (χ4v) is 6.36. The number of aliphatic hydroxyl groups is 1. The molecule has 1 N–H and O–H groups in total. The number of hydrogen-bond acceptors (Lipinski definition) is 5. The number of aliphatic hydroxyl groups excluding tert-OH is 1. The van der Waals surface area contributed by atoms with E-state index in [2.05, 4.69) is 69.3 Å². The number of aryl methyl sites for hydroxylation is 1. The van der Waals surface area contributed by atoms with Gasteiger partial charge in [-0.25, -0.2) is 0 Å². The third kappa shape index (κ3) is 8.08. The summed E-state index contributed by atoms with van der Waals surface area (Å²) < 4.78 is 12.3. The van der Waals surface area contributed by atoms with Crippen molar-refractivity contribution in [1.82, 2.24) is 4.98 Å². The molecule has 271 valence electrons. The maximum absolute atomic E-state index is 12.2. The molecule has 3 heterocycles. The number of carbonyl (C=O) groups excluding carboxylic acids is 1. The Hall–Kier alpha value is -3.99. The smallest absolute Gasteiger partial charge is 0.164 e. The number of pyridine rings is 1. The average Bonchev–Trinajstić information content (AvgIpc) is 3.73. The number of para-hydroxylation sites is 1. The largest absolute Gasteiger partial charge is 0.512 e. The van der Waals surface area contributed by atoms with Crippen LogP contribution < -0.4 is 0 Å². The van der Waals surface area contributed by atoms with E-state index in [0.29, 0.717) is 0 Å². The number of ketones is 1. The molecule has 6 rings (SSSR count). The summed E-state index contributed by atoms with van der Waals surface area (Å²) in [6.45, 7) is 20.8. The van der Waals surface area contributed by atoms with Crippen molar-refractivity contribution in [1.29, 1.82) is 0 Å². The van der Waals surface area contributed by atoms with Gasteiger partial charge in [-0.3, -0.25) is 9.78 Å². The summed E-state index contributed by atoms with van der Waals surface area (Å²) in [7, 11) is 0. The van der Waals surface area contributed by atoms with Crippen molar-refractivity contribution in [3.63, 3.8) is 0 Å². The zero-order valence-electron chi connectivity index (χ0n) is 31.8. The summed E-state index contributed by atoms with van der Waals surface area (Å²) in [6, 6.07) is 26.4. The molecular weight excluding hydrogens is 811 g/mol. The normalized spacial score (nSPS) is 12.5. The first-order chi connectivity index (χ1) is 23.7. The number of aromatic nitrogens is 1. The molecule has 0 spiro atoms. The monoisotopic (exact) mass is 863 g/mol. The van der Waals surface area contributed by atoms with Gasteiger partial charge in [0.1, 0.15) is 28.4 Å². The van der Waals surface area contributed by atoms with Crippen molar-refractivity contribution in [2.24, 2.45) is 10.8 Å². The van der Waals surface area contributed by atoms with E-state index in [1.165, 1.54) is 17.0 Å². The number of rotatable bonds is 9. The Bertz CT molecular complexity index is 2170. The SMILES string of the molecule is CCC(C)(CC)C(=O)/C=C(\O)C(C)(CC)CC.Cc1cc2cccc(-c3cc4c(-c5[c-]c6ccccc6c(C(C)(C)C)c5)nccc4o3)c2o1.[Ir]. The van der Waals surface area contributed by atoms with E-state index >= 15 is 0 Å². The van der Waals surface area contributed by atoms with Gasteiger partial charge in [0, 0.05) is 59.7 Å². The van der Waals surface area contributed by atoms with E-state index in [-0.39, 0.29) is 47.9 Å². The van der Waals surface area contributed by atoms with Crippen LogP contribution in [0.3, 0.4) is 0 Å². The van der Waals surface area contributed by atoms with Crippen LogP contribution in [0.25, 0.3) is 55.3 Å². The van der Waals surface area contributed by atoms with Gasteiger partial charge in [-0.2, -0.15) is 0 Å². The molecule has 0 unspecified atom stereocenters. The van der Waals surface area contributed by atoms with Gasteiger partial charge in [-0.05, 0) is 62.3 Å². The van der Waals surface area contributed by atoms with Crippen LogP contribution in [0.1, 0.15) is 99.3 Å². The van der Waals surface area contributed by atoms with Crippen molar-refractivity contribution in [2.75, 3.05) is 0 Å². The first kappa shape index (κ1) is 39.8. The van der Waals surface area contributed by atoms with Gasteiger partial charge in [0.15, 0.2) is 5.78 Å². The van der Waals surface area contributed by atoms with Gasteiger partial charge >= 0.3 is 0 Å². The van der Waals surface area contributed by atoms with Crippen LogP contribution in [-0.4, -0.2) is 15.9 Å². The zero-order chi connectivity index (χ0) is 36.4. The Labute approximate surface area is 316 Å². The Morgan fingerprint density at radius 2 is 1.49 bits per heavy atom. The minimum Gasteiger partial charge on any atom is -0.512 e. The first-order valence-electron chi connectivity index (χ1n) is 18.0. The molecule has 0 aliphatic carbocycles. The van der Waals surface area contributed by atoms with Crippen LogP contribution in [0.15, 0.2) is 93.6 Å². The molecule has 0 bridgehead atoms. The second-order valence-corrected chi connectivity index (χ2v) is 15.1. The summed E-state index contributed by atoms with van der Waals surface area (Å²) in [5, 5.41) is 14.5. The van der Waals surface area contributed by atoms with E-state index < -0.39 is 0 Å². The van der Waals surface area contributed by atoms with Gasteiger partial charge in [-0.1, -0.05) is 104 Å². The van der Waals surface area contributed by atoms with Crippen LogP contribution >= 0.6 is 0 Å². The van der Waals surface area contributed by atoms with Crippen LogP contribution in [-0.2, 0) is 30.3 Å². The molecule has 3 aromatic heterocycles. The fraction of sp³-hybridized carbons (Fsp3) is 0.378.